The third-order valence-corrected chi connectivity index (χ3v) is 0.542. The van der Waals surface area contributed by atoms with Crippen molar-refractivity contribution in [2.75, 3.05) is 6.79 Å². The van der Waals surface area contributed by atoms with E-state index in [1.165, 1.54) is 0 Å². The summed E-state index contributed by atoms with van der Waals surface area (Å²) in [5.41, 5.74) is 0. The Bertz CT molecular complexity index is 64.7. The molecule has 0 spiro atoms. The first-order valence-electron chi connectivity index (χ1n) is 1.36. The second-order valence-electron chi connectivity index (χ2n) is 0.637. The molecule has 0 aliphatic carbocycles. The van der Waals surface area contributed by atoms with E-state index >= 15 is 0 Å². The van der Waals surface area contributed by atoms with Crippen molar-refractivity contribution >= 4 is 8.25 Å². The second kappa shape index (κ2) is 4.11. The van der Waals surface area contributed by atoms with Crippen molar-refractivity contribution in [3.05, 3.63) is 0 Å². The maximum absolute atomic E-state index is 9.44. The summed E-state index contributed by atoms with van der Waals surface area (Å²) in [6, 6.07) is 0. The van der Waals surface area contributed by atoms with Crippen molar-refractivity contribution in [1.29, 1.82) is 0 Å². The normalized spacial score (nSPS) is 11.4. The summed E-state index contributed by atoms with van der Waals surface area (Å²) in [6.07, 6.45) is 0. The molecule has 5 nitrogen and oxygen atoms in total. The fraction of sp³-hybridized carbons (Fsp3) is 1.00. The summed E-state index contributed by atoms with van der Waals surface area (Å²) in [4.78, 5) is 13.2. The van der Waals surface area contributed by atoms with Crippen LogP contribution in [0.3, 0.4) is 0 Å². The molecular weight excluding hydrogens is 121 g/mol. The lowest BCUT2D eigenvalue weighted by Crippen LogP contribution is -2.03. The molecule has 1 atom stereocenters. The van der Waals surface area contributed by atoms with Crippen molar-refractivity contribution in [2.45, 2.75) is 0 Å². The predicted octanol–water partition coefficient (Wildman–Crippen LogP) is -1.13. The van der Waals surface area contributed by atoms with E-state index in [0.29, 0.717) is 0 Å². The van der Waals surface area contributed by atoms with Gasteiger partial charge >= 0.3 is 8.25 Å². The lowest BCUT2D eigenvalue weighted by atomic mass is 11.5. The van der Waals surface area contributed by atoms with Gasteiger partial charge in [0, 0.05) is 0 Å². The van der Waals surface area contributed by atoms with Gasteiger partial charge in [0.25, 0.3) is 0 Å². The van der Waals surface area contributed by atoms with Crippen LogP contribution in [0.15, 0.2) is 0 Å². The Kier molecular flexibility index (Phi) is 4.07. The van der Waals surface area contributed by atoms with Gasteiger partial charge in [-0.25, -0.2) is 5.90 Å². The van der Waals surface area contributed by atoms with Gasteiger partial charge in [-0.3, -0.25) is 4.84 Å². The van der Waals surface area contributed by atoms with Crippen molar-refractivity contribution < 1.29 is 18.8 Å². The molecule has 6 heteroatoms. The van der Waals surface area contributed by atoms with Crippen LogP contribution in [0.5, 0.6) is 0 Å². The summed E-state index contributed by atoms with van der Waals surface area (Å²) in [5, 5.41) is 0. The molecule has 0 heterocycles. The molecule has 0 aliphatic heterocycles. The molecule has 0 saturated heterocycles. The Balaban J connectivity index is 2.82. The first-order chi connectivity index (χ1) is 3.27. The molecule has 0 rings (SSSR count). The summed E-state index contributed by atoms with van der Waals surface area (Å²) < 4.78 is 13.2. The van der Waals surface area contributed by atoms with E-state index in [9.17, 15) is 9.46 Å². The molecule has 0 amide bonds. The molecule has 0 aromatic rings. The second-order valence-corrected chi connectivity index (χ2v) is 1.34. The Hall–Kier alpha value is -0.0600. The molecule has 2 N–H and O–H groups in total. The minimum Gasteiger partial charge on any atom is -0.566 e. The average molecular weight is 125 g/mol. The molecule has 0 radical (unpaired) electrons. The van der Waals surface area contributed by atoms with E-state index in [1.54, 1.807) is 0 Å². The molecule has 7 heavy (non-hydrogen) atoms. The molecule has 0 fully saturated rings. The summed E-state index contributed by atoms with van der Waals surface area (Å²) >= 11 is 0. The van der Waals surface area contributed by atoms with Crippen LogP contribution in [0.25, 0.3) is 0 Å². The van der Waals surface area contributed by atoms with Gasteiger partial charge in [0.15, 0.2) is 0 Å². The van der Waals surface area contributed by atoms with Gasteiger partial charge in [-0.05, 0) is 4.57 Å². The molecule has 0 aromatic carbocycles. The molecule has 1 unspecified atom stereocenters. The molecule has 42 valence electrons. The molecule has 0 aromatic heterocycles. The van der Waals surface area contributed by atoms with Crippen LogP contribution in [-0.2, 0) is 13.9 Å². The fourth-order valence-corrected chi connectivity index (χ4v) is 0.220. The number of hydrogen-bond acceptors (Lipinski definition) is 5. The summed E-state index contributed by atoms with van der Waals surface area (Å²) in [7, 11) is -2.81. The van der Waals surface area contributed by atoms with E-state index < -0.39 is 15.0 Å². The van der Waals surface area contributed by atoms with Crippen molar-refractivity contribution in [3.8, 4) is 0 Å². The SMILES string of the molecule is NOCO[P+](=O)[O-]. The monoisotopic (exact) mass is 125 g/mol. The van der Waals surface area contributed by atoms with Crippen molar-refractivity contribution in [2.24, 2.45) is 5.90 Å². The highest BCUT2D eigenvalue weighted by Crippen LogP contribution is 2.05. The van der Waals surface area contributed by atoms with Crippen LogP contribution < -0.4 is 10.8 Å². The zero-order chi connectivity index (χ0) is 5.70. The highest BCUT2D eigenvalue weighted by Gasteiger charge is 1.96. The largest absolute Gasteiger partial charge is 0.566 e. The van der Waals surface area contributed by atoms with E-state index in [2.05, 4.69) is 15.3 Å². The maximum atomic E-state index is 9.44. The molecule has 0 aliphatic rings. The molecule has 0 saturated carbocycles. The average Bonchev–Trinajstić information content (AvgIpc) is 1.61. The smallest absolute Gasteiger partial charge is 0.490 e. The number of hydrogen-bond donors (Lipinski definition) is 1. The van der Waals surface area contributed by atoms with Crippen LogP contribution >= 0.6 is 8.25 Å². The topological polar surface area (TPSA) is 84.6 Å². The van der Waals surface area contributed by atoms with Crippen LogP contribution in [0.4, 0.5) is 0 Å². The first kappa shape index (κ1) is 6.94. The van der Waals surface area contributed by atoms with Gasteiger partial charge in [-0.15, -0.1) is 4.52 Å². The van der Waals surface area contributed by atoms with Crippen LogP contribution in [0, 0.1) is 0 Å². The van der Waals surface area contributed by atoms with E-state index in [4.69, 9.17) is 0 Å². The Labute approximate surface area is 40.9 Å². The van der Waals surface area contributed by atoms with Gasteiger partial charge in [-0.2, -0.15) is 0 Å². The number of nitrogens with two attached hydrogens (primary N) is 1. The minimum absolute atomic E-state index is 0.418. The Morgan fingerprint density at radius 2 is 2.43 bits per heavy atom. The minimum atomic E-state index is -2.81. The van der Waals surface area contributed by atoms with Gasteiger partial charge in [0.05, 0.1) is 0 Å². The number of rotatable bonds is 3. The molecular formula is CH4NO4P. The standard InChI is InChI=1S/CH4NO4P/c2-5-1-6-7(3)4/h1-2H2. The Morgan fingerprint density at radius 1 is 1.86 bits per heavy atom. The third-order valence-electron chi connectivity index (χ3n) is 0.226. The van der Waals surface area contributed by atoms with Crippen LogP contribution in [0.2, 0.25) is 0 Å². The highest BCUT2D eigenvalue weighted by atomic mass is 31.1. The lowest BCUT2D eigenvalue weighted by Gasteiger charge is -1.85. The Morgan fingerprint density at radius 3 is 2.57 bits per heavy atom. The van der Waals surface area contributed by atoms with Gasteiger partial charge in [0.2, 0.25) is 6.79 Å². The first-order valence-corrected chi connectivity index (χ1v) is 2.46. The van der Waals surface area contributed by atoms with Gasteiger partial charge < -0.3 is 4.89 Å². The quantitative estimate of drug-likeness (QED) is 0.293. The van der Waals surface area contributed by atoms with E-state index in [1.807, 2.05) is 0 Å². The predicted molar refractivity (Wildman–Crippen MR) is 18.8 cm³/mol. The maximum Gasteiger partial charge on any atom is 0.490 e. The van der Waals surface area contributed by atoms with E-state index in [0.717, 1.165) is 0 Å². The zero-order valence-corrected chi connectivity index (χ0v) is 4.26. The van der Waals surface area contributed by atoms with Gasteiger partial charge in [0.1, 0.15) is 0 Å². The zero-order valence-electron chi connectivity index (χ0n) is 3.36. The van der Waals surface area contributed by atoms with Crippen LogP contribution in [0.1, 0.15) is 0 Å². The van der Waals surface area contributed by atoms with E-state index in [-0.39, 0.29) is 0 Å². The van der Waals surface area contributed by atoms with Gasteiger partial charge in [-0.1, -0.05) is 0 Å². The van der Waals surface area contributed by atoms with Crippen molar-refractivity contribution in [1.82, 2.24) is 0 Å². The summed E-state index contributed by atoms with van der Waals surface area (Å²) in [5.74, 6) is 4.38. The summed E-state index contributed by atoms with van der Waals surface area (Å²) in [6.45, 7) is -0.418. The lowest BCUT2D eigenvalue weighted by molar-refractivity contribution is -0.193. The van der Waals surface area contributed by atoms with Crippen molar-refractivity contribution in [3.63, 3.8) is 0 Å². The highest BCUT2D eigenvalue weighted by molar-refractivity contribution is 7.30. The molecule has 0 bridgehead atoms. The third kappa shape index (κ3) is 5.94. The fourth-order valence-electron chi connectivity index (χ4n) is 0.0735. The van der Waals surface area contributed by atoms with Crippen LogP contribution in [-0.4, -0.2) is 6.79 Å².